The first-order valence-corrected chi connectivity index (χ1v) is 6.78. The van der Waals surface area contributed by atoms with Gasteiger partial charge in [-0.15, -0.1) is 0 Å². The number of ether oxygens (including phenoxy) is 2. The van der Waals surface area contributed by atoms with E-state index in [2.05, 4.69) is 18.7 Å². The van der Waals surface area contributed by atoms with Gasteiger partial charge in [-0.3, -0.25) is 4.90 Å². The summed E-state index contributed by atoms with van der Waals surface area (Å²) in [7, 11) is 0. The van der Waals surface area contributed by atoms with Gasteiger partial charge in [0.15, 0.2) is 11.6 Å². The molecule has 108 valence electrons. The number of morpholine rings is 1. The quantitative estimate of drug-likeness (QED) is 0.847. The van der Waals surface area contributed by atoms with Gasteiger partial charge in [0.1, 0.15) is 12.7 Å². The van der Waals surface area contributed by atoms with Crippen LogP contribution in [0, 0.1) is 17.1 Å². The number of nitriles is 1. The van der Waals surface area contributed by atoms with Crippen LogP contribution in [0.3, 0.4) is 0 Å². The van der Waals surface area contributed by atoms with Crippen molar-refractivity contribution in [3.8, 4) is 11.8 Å². The minimum Gasteiger partial charge on any atom is -0.488 e. The lowest BCUT2D eigenvalue weighted by Gasteiger charge is -2.35. The van der Waals surface area contributed by atoms with Crippen LogP contribution in [0.2, 0.25) is 0 Å². The third-order valence-electron chi connectivity index (χ3n) is 3.39. The summed E-state index contributed by atoms with van der Waals surface area (Å²) in [6.07, 6.45) is -0.0545. The van der Waals surface area contributed by atoms with Gasteiger partial charge in [0, 0.05) is 19.1 Å². The lowest BCUT2D eigenvalue weighted by Crippen LogP contribution is -2.47. The molecular formula is C15H19FN2O2. The van der Waals surface area contributed by atoms with Crippen molar-refractivity contribution in [1.82, 2.24) is 4.90 Å². The Morgan fingerprint density at radius 3 is 3.00 bits per heavy atom. The molecule has 1 atom stereocenters. The fourth-order valence-electron chi connectivity index (χ4n) is 2.18. The summed E-state index contributed by atoms with van der Waals surface area (Å²) in [5.41, 5.74) is 0.287. The number of nitrogens with zero attached hydrogens (tertiary/aromatic N) is 2. The number of hydrogen-bond donors (Lipinski definition) is 0. The van der Waals surface area contributed by atoms with Crippen LogP contribution >= 0.6 is 0 Å². The van der Waals surface area contributed by atoms with E-state index in [1.54, 1.807) is 6.07 Å². The van der Waals surface area contributed by atoms with E-state index < -0.39 is 5.82 Å². The summed E-state index contributed by atoms with van der Waals surface area (Å²) in [5, 5.41) is 8.68. The maximum atomic E-state index is 13.7. The van der Waals surface area contributed by atoms with Crippen LogP contribution in [0.25, 0.3) is 0 Å². The lowest BCUT2D eigenvalue weighted by molar-refractivity contribution is -0.0568. The molecule has 0 radical (unpaired) electrons. The van der Waals surface area contributed by atoms with E-state index in [4.69, 9.17) is 14.7 Å². The Balaban J connectivity index is 1.90. The van der Waals surface area contributed by atoms with Crippen molar-refractivity contribution in [2.75, 3.05) is 26.3 Å². The molecule has 4 nitrogen and oxygen atoms in total. The fraction of sp³-hybridized carbons (Fsp3) is 0.533. The van der Waals surface area contributed by atoms with E-state index in [1.807, 2.05) is 6.07 Å². The molecule has 1 fully saturated rings. The second-order valence-electron chi connectivity index (χ2n) is 5.15. The predicted molar refractivity (Wildman–Crippen MR) is 73.1 cm³/mol. The molecule has 0 amide bonds. The van der Waals surface area contributed by atoms with Crippen LogP contribution in [0.1, 0.15) is 19.4 Å². The minimum absolute atomic E-state index is 0.0545. The average molecular weight is 278 g/mol. The number of hydrogen-bond acceptors (Lipinski definition) is 4. The Hall–Kier alpha value is -1.64. The van der Waals surface area contributed by atoms with E-state index >= 15 is 0 Å². The standard InChI is InChI=1S/C15H19FN2O2/c1-11(2)18-5-6-19-13(9-18)10-20-15-4-3-12(8-17)7-14(15)16/h3-4,7,11,13H,5-6,9-10H2,1-2H3. The van der Waals surface area contributed by atoms with E-state index in [0.717, 1.165) is 13.1 Å². The third-order valence-corrected chi connectivity index (χ3v) is 3.39. The Kier molecular flexibility index (Phi) is 4.94. The molecule has 5 heteroatoms. The third kappa shape index (κ3) is 3.69. The molecule has 1 unspecified atom stereocenters. The molecule has 1 heterocycles. The zero-order chi connectivity index (χ0) is 14.5. The second-order valence-corrected chi connectivity index (χ2v) is 5.15. The first-order valence-electron chi connectivity index (χ1n) is 6.78. The molecule has 1 aromatic carbocycles. The Morgan fingerprint density at radius 2 is 2.35 bits per heavy atom. The topological polar surface area (TPSA) is 45.5 Å². The van der Waals surface area contributed by atoms with Crippen molar-refractivity contribution in [2.45, 2.75) is 26.0 Å². The molecule has 1 aromatic rings. The highest BCUT2D eigenvalue weighted by Crippen LogP contribution is 2.19. The molecule has 0 aromatic heterocycles. The average Bonchev–Trinajstić information content (AvgIpc) is 2.46. The molecule has 1 aliphatic rings. The molecule has 0 spiro atoms. The number of halogens is 1. The molecular weight excluding hydrogens is 259 g/mol. The largest absolute Gasteiger partial charge is 0.488 e. The molecule has 20 heavy (non-hydrogen) atoms. The Bertz CT molecular complexity index is 499. The zero-order valence-electron chi connectivity index (χ0n) is 11.8. The minimum atomic E-state index is -0.513. The van der Waals surface area contributed by atoms with Gasteiger partial charge in [-0.05, 0) is 32.0 Å². The van der Waals surface area contributed by atoms with Crippen LogP contribution in [-0.2, 0) is 4.74 Å². The van der Waals surface area contributed by atoms with Gasteiger partial charge in [-0.2, -0.15) is 5.26 Å². The summed E-state index contributed by atoms with van der Waals surface area (Å²) in [4.78, 5) is 2.31. The van der Waals surface area contributed by atoms with Crippen molar-refractivity contribution in [2.24, 2.45) is 0 Å². The monoisotopic (exact) mass is 278 g/mol. The number of rotatable bonds is 4. The normalized spacial score (nSPS) is 19.9. The zero-order valence-corrected chi connectivity index (χ0v) is 11.8. The van der Waals surface area contributed by atoms with Crippen molar-refractivity contribution in [3.63, 3.8) is 0 Å². The first kappa shape index (κ1) is 14.8. The highest BCUT2D eigenvalue weighted by Gasteiger charge is 2.23. The Labute approximate surface area is 118 Å². The number of benzene rings is 1. The highest BCUT2D eigenvalue weighted by molar-refractivity contribution is 5.35. The first-order chi connectivity index (χ1) is 9.60. The predicted octanol–water partition coefficient (Wildman–Crippen LogP) is 2.19. The van der Waals surface area contributed by atoms with E-state index in [1.165, 1.54) is 12.1 Å². The second kappa shape index (κ2) is 6.69. The van der Waals surface area contributed by atoms with Gasteiger partial charge in [0.2, 0.25) is 0 Å². The van der Waals surface area contributed by atoms with Crippen molar-refractivity contribution in [3.05, 3.63) is 29.6 Å². The molecule has 2 rings (SSSR count). The summed E-state index contributed by atoms with van der Waals surface area (Å²) < 4.78 is 24.8. The van der Waals surface area contributed by atoms with Crippen LogP contribution in [0.15, 0.2) is 18.2 Å². The maximum Gasteiger partial charge on any atom is 0.166 e. The van der Waals surface area contributed by atoms with Gasteiger partial charge in [-0.1, -0.05) is 0 Å². The smallest absolute Gasteiger partial charge is 0.166 e. The van der Waals surface area contributed by atoms with Gasteiger partial charge in [0.05, 0.1) is 18.2 Å². The van der Waals surface area contributed by atoms with Crippen molar-refractivity contribution >= 4 is 0 Å². The van der Waals surface area contributed by atoms with Gasteiger partial charge < -0.3 is 9.47 Å². The molecule has 1 saturated heterocycles. The molecule has 0 aliphatic carbocycles. The van der Waals surface area contributed by atoms with E-state index in [9.17, 15) is 4.39 Å². The maximum absolute atomic E-state index is 13.7. The summed E-state index contributed by atoms with van der Waals surface area (Å²) in [6, 6.07) is 6.56. The fourth-order valence-corrected chi connectivity index (χ4v) is 2.18. The van der Waals surface area contributed by atoms with Crippen LogP contribution < -0.4 is 4.74 Å². The highest BCUT2D eigenvalue weighted by atomic mass is 19.1. The summed E-state index contributed by atoms with van der Waals surface area (Å²) >= 11 is 0. The van der Waals surface area contributed by atoms with Crippen molar-refractivity contribution in [1.29, 1.82) is 5.26 Å². The van der Waals surface area contributed by atoms with Gasteiger partial charge >= 0.3 is 0 Å². The Morgan fingerprint density at radius 1 is 1.55 bits per heavy atom. The molecule has 1 aliphatic heterocycles. The summed E-state index contributed by atoms with van der Waals surface area (Å²) in [5.74, 6) is -0.352. The molecule has 0 bridgehead atoms. The van der Waals surface area contributed by atoms with Gasteiger partial charge in [-0.25, -0.2) is 4.39 Å². The van der Waals surface area contributed by atoms with E-state index in [-0.39, 0.29) is 17.4 Å². The molecule has 0 saturated carbocycles. The summed E-state index contributed by atoms with van der Waals surface area (Å²) in [6.45, 7) is 6.97. The lowest BCUT2D eigenvalue weighted by atomic mass is 10.2. The van der Waals surface area contributed by atoms with Crippen LogP contribution in [0.5, 0.6) is 5.75 Å². The van der Waals surface area contributed by atoms with Crippen molar-refractivity contribution < 1.29 is 13.9 Å². The van der Waals surface area contributed by atoms with E-state index in [0.29, 0.717) is 19.3 Å². The molecule has 0 N–H and O–H groups in total. The van der Waals surface area contributed by atoms with Gasteiger partial charge in [0.25, 0.3) is 0 Å². The van der Waals surface area contributed by atoms with Crippen LogP contribution in [0.4, 0.5) is 4.39 Å². The van der Waals surface area contributed by atoms with Crippen LogP contribution in [-0.4, -0.2) is 43.3 Å². The SMILES string of the molecule is CC(C)N1CCOC(COc2ccc(C#N)cc2F)C1.